The van der Waals surface area contributed by atoms with Crippen LogP contribution in [-0.2, 0) is 0 Å². The second-order valence-corrected chi connectivity index (χ2v) is 2.87. The largest absolute Gasteiger partial charge is 0.496 e. The molecule has 0 radical (unpaired) electrons. The van der Waals surface area contributed by atoms with E-state index in [2.05, 4.69) is 0 Å². The Morgan fingerprint density at radius 1 is 1.50 bits per heavy atom. The van der Waals surface area contributed by atoms with Crippen molar-refractivity contribution in [1.82, 2.24) is 0 Å². The van der Waals surface area contributed by atoms with Crippen molar-refractivity contribution in [1.29, 1.82) is 0 Å². The number of ether oxygens (including phenoxy) is 1. The zero-order valence-electron chi connectivity index (χ0n) is 8.16. The lowest BCUT2D eigenvalue weighted by Gasteiger charge is -2.03. The summed E-state index contributed by atoms with van der Waals surface area (Å²) in [4.78, 5) is 0. The van der Waals surface area contributed by atoms with Crippen molar-refractivity contribution < 1.29 is 9.13 Å². The van der Waals surface area contributed by atoms with Gasteiger partial charge in [0.25, 0.3) is 0 Å². The van der Waals surface area contributed by atoms with Gasteiger partial charge in [0.15, 0.2) is 0 Å². The van der Waals surface area contributed by atoms with Crippen LogP contribution in [0.15, 0.2) is 24.3 Å². The number of rotatable bonds is 4. The fourth-order valence-corrected chi connectivity index (χ4v) is 1.14. The number of hydrogen-bond acceptors (Lipinski definition) is 2. The SMILES string of the molecule is COc1ccc(F)cc1/C=C/CCN. The molecule has 0 atom stereocenters. The lowest BCUT2D eigenvalue weighted by Crippen LogP contribution is -1.95. The topological polar surface area (TPSA) is 35.2 Å². The molecule has 0 saturated heterocycles. The van der Waals surface area contributed by atoms with Gasteiger partial charge in [-0.15, -0.1) is 0 Å². The van der Waals surface area contributed by atoms with Gasteiger partial charge in [0, 0.05) is 5.56 Å². The Balaban J connectivity index is 2.87. The molecule has 0 unspecified atom stereocenters. The summed E-state index contributed by atoms with van der Waals surface area (Å²) >= 11 is 0. The van der Waals surface area contributed by atoms with Crippen LogP contribution >= 0.6 is 0 Å². The highest BCUT2D eigenvalue weighted by molar-refractivity contribution is 5.57. The summed E-state index contributed by atoms with van der Waals surface area (Å²) in [7, 11) is 1.56. The molecular weight excluding hydrogens is 181 g/mol. The Bertz CT molecular complexity index is 323. The van der Waals surface area contributed by atoms with Gasteiger partial charge in [-0.25, -0.2) is 4.39 Å². The molecule has 0 fully saturated rings. The molecule has 14 heavy (non-hydrogen) atoms. The Hall–Kier alpha value is -1.35. The van der Waals surface area contributed by atoms with Crippen LogP contribution in [0, 0.1) is 5.82 Å². The third-order valence-corrected chi connectivity index (χ3v) is 1.82. The molecule has 1 aromatic carbocycles. The molecule has 0 spiro atoms. The van der Waals surface area contributed by atoms with Crippen LogP contribution in [0.2, 0.25) is 0 Å². The smallest absolute Gasteiger partial charge is 0.126 e. The fourth-order valence-electron chi connectivity index (χ4n) is 1.14. The van der Waals surface area contributed by atoms with Crippen LogP contribution < -0.4 is 10.5 Å². The van der Waals surface area contributed by atoms with Gasteiger partial charge in [0.2, 0.25) is 0 Å². The van der Waals surface area contributed by atoms with Crippen LogP contribution in [0.5, 0.6) is 5.75 Å². The van der Waals surface area contributed by atoms with Crippen LogP contribution in [0.3, 0.4) is 0 Å². The molecule has 0 heterocycles. The van der Waals surface area contributed by atoms with E-state index in [-0.39, 0.29) is 5.82 Å². The third-order valence-electron chi connectivity index (χ3n) is 1.82. The van der Waals surface area contributed by atoms with Crippen molar-refractivity contribution in [2.75, 3.05) is 13.7 Å². The van der Waals surface area contributed by atoms with E-state index >= 15 is 0 Å². The molecule has 0 aliphatic heterocycles. The Labute approximate surface area is 83.2 Å². The Morgan fingerprint density at radius 2 is 2.29 bits per heavy atom. The zero-order valence-corrected chi connectivity index (χ0v) is 8.16. The molecule has 0 bridgehead atoms. The van der Waals surface area contributed by atoms with Gasteiger partial charge < -0.3 is 10.5 Å². The second kappa shape index (κ2) is 5.40. The van der Waals surface area contributed by atoms with Crippen molar-refractivity contribution in [2.24, 2.45) is 5.73 Å². The van der Waals surface area contributed by atoms with Gasteiger partial charge in [-0.1, -0.05) is 12.2 Å². The first-order valence-electron chi connectivity index (χ1n) is 4.48. The Kier molecular flexibility index (Phi) is 4.13. The molecule has 1 rings (SSSR count). The number of nitrogens with two attached hydrogens (primary N) is 1. The summed E-state index contributed by atoms with van der Waals surface area (Å²) in [6.07, 6.45) is 4.49. The highest BCUT2D eigenvalue weighted by Crippen LogP contribution is 2.20. The van der Waals surface area contributed by atoms with Crippen LogP contribution in [0.25, 0.3) is 6.08 Å². The maximum atomic E-state index is 12.9. The average Bonchev–Trinajstić information content (AvgIpc) is 2.19. The first-order chi connectivity index (χ1) is 6.77. The lowest BCUT2D eigenvalue weighted by molar-refractivity contribution is 0.412. The standard InChI is InChI=1S/C11H14FNO/c1-14-11-6-5-10(12)8-9(11)4-2-3-7-13/h2,4-6,8H,3,7,13H2,1H3/b4-2+. The van der Waals surface area contributed by atoms with Crippen molar-refractivity contribution in [2.45, 2.75) is 6.42 Å². The van der Waals surface area contributed by atoms with Crippen molar-refractivity contribution in [3.8, 4) is 5.75 Å². The van der Waals surface area contributed by atoms with E-state index in [1.165, 1.54) is 12.1 Å². The van der Waals surface area contributed by atoms with Gasteiger partial charge in [0.05, 0.1) is 7.11 Å². The Morgan fingerprint density at radius 3 is 2.93 bits per heavy atom. The van der Waals surface area contributed by atoms with E-state index in [4.69, 9.17) is 10.5 Å². The number of methoxy groups -OCH3 is 1. The summed E-state index contributed by atoms with van der Waals surface area (Å²) in [5.74, 6) is 0.401. The molecule has 0 saturated carbocycles. The predicted molar refractivity (Wildman–Crippen MR) is 55.7 cm³/mol. The van der Waals surface area contributed by atoms with E-state index in [0.29, 0.717) is 12.3 Å². The lowest BCUT2D eigenvalue weighted by atomic mass is 10.1. The molecule has 0 aliphatic carbocycles. The van der Waals surface area contributed by atoms with Gasteiger partial charge in [-0.2, -0.15) is 0 Å². The second-order valence-electron chi connectivity index (χ2n) is 2.87. The quantitative estimate of drug-likeness (QED) is 0.799. The normalized spacial score (nSPS) is 10.8. The van der Waals surface area contributed by atoms with E-state index in [1.807, 2.05) is 12.2 Å². The van der Waals surface area contributed by atoms with Gasteiger partial charge >= 0.3 is 0 Å². The monoisotopic (exact) mass is 195 g/mol. The fraction of sp³-hybridized carbons (Fsp3) is 0.273. The minimum absolute atomic E-state index is 0.266. The van der Waals surface area contributed by atoms with E-state index in [9.17, 15) is 4.39 Å². The molecule has 0 aliphatic rings. The van der Waals surface area contributed by atoms with Crippen LogP contribution in [0.1, 0.15) is 12.0 Å². The van der Waals surface area contributed by atoms with Gasteiger partial charge in [0.1, 0.15) is 11.6 Å². The summed E-state index contributed by atoms with van der Waals surface area (Å²) < 4.78 is 18.0. The molecule has 3 heteroatoms. The molecule has 0 aromatic heterocycles. The van der Waals surface area contributed by atoms with Crippen LogP contribution in [0.4, 0.5) is 4.39 Å². The van der Waals surface area contributed by atoms with Crippen LogP contribution in [-0.4, -0.2) is 13.7 Å². The van der Waals surface area contributed by atoms with E-state index in [1.54, 1.807) is 13.2 Å². The van der Waals surface area contributed by atoms with Crippen molar-refractivity contribution in [3.63, 3.8) is 0 Å². The minimum atomic E-state index is -0.266. The maximum Gasteiger partial charge on any atom is 0.126 e. The molecular formula is C11H14FNO. The zero-order chi connectivity index (χ0) is 10.4. The minimum Gasteiger partial charge on any atom is -0.496 e. The molecule has 1 aromatic rings. The maximum absolute atomic E-state index is 12.9. The predicted octanol–water partition coefficient (Wildman–Crippen LogP) is 2.20. The third kappa shape index (κ3) is 2.85. The molecule has 2 N–H and O–H groups in total. The average molecular weight is 195 g/mol. The summed E-state index contributed by atoms with van der Waals surface area (Å²) in [6.45, 7) is 0.591. The van der Waals surface area contributed by atoms with Crippen molar-refractivity contribution in [3.05, 3.63) is 35.7 Å². The van der Waals surface area contributed by atoms with E-state index < -0.39 is 0 Å². The highest BCUT2D eigenvalue weighted by atomic mass is 19.1. The summed E-state index contributed by atoms with van der Waals surface area (Å²) in [5.41, 5.74) is 6.07. The highest BCUT2D eigenvalue weighted by Gasteiger charge is 2.00. The van der Waals surface area contributed by atoms with E-state index in [0.717, 1.165) is 12.0 Å². The first-order valence-corrected chi connectivity index (χ1v) is 4.48. The molecule has 2 nitrogen and oxygen atoms in total. The number of hydrogen-bond donors (Lipinski definition) is 1. The number of benzene rings is 1. The van der Waals surface area contributed by atoms with Gasteiger partial charge in [-0.3, -0.25) is 0 Å². The number of halogens is 1. The van der Waals surface area contributed by atoms with Gasteiger partial charge in [-0.05, 0) is 31.2 Å². The van der Waals surface area contributed by atoms with Crippen molar-refractivity contribution >= 4 is 6.08 Å². The summed E-state index contributed by atoms with van der Waals surface area (Å²) in [6, 6.07) is 4.42. The molecule has 0 amide bonds. The summed E-state index contributed by atoms with van der Waals surface area (Å²) in [5, 5.41) is 0. The first kappa shape index (κ1) is 10.7. The molecule has 76 valence electrons.